The monoisotopic (exact) mass is 475 g/mol. The quantitative estimate of drug-likeness (QED) is 0.522. The zero-order valence-corrected chi connectivity index (χ0v) is 17.6. The minimum Gasteiger partial charge on any atom is -0.497 e. The number of carboxylic acids is 1. The molecule has 1 aromatic heterocycles. The number of rotatable bonds is 4. The zero-order valence-electron chi connectivity index (χ0n) is 15.2. The summed E-state index contributed by atoms with van der Waals surface area (Å²) in [6.07, 6.45) is 0.0436. The molecule has 0 aliphatic carbocycles. The van der Waals surface area contributed by atoms with Crippen molar-refractivity contribution in [3.63, 3.8) is 0 Å². The maximum atomic E-state index is 14.6. The number of methoxy groups -OCH3 is 1. The number of hydrogen-bond donors (Lipinski definition) is 2. The van der Waals surface area contributed by atoms with Gasteiger partial charge >= 0.3 is 5.97 Å². The van der Waals surface area contributed by atoms with E-state index >= 15 is 0 Å². The molecule has 8 heteroatoms. The highest BCUT2D eigenvalue weighted by molar-refractivity contribution is 9.10. The molecule has 0 fully saturated rings. The normalized spacial score (nSPS) is 15.6. The van der Waals surface area contributed by atoms with E-state index in [0.29, 0.717) is 37.5 Å². The summed E-state index contributed by atoms with van der Waals surface area (Å²) >= 11 is 4.41. The molecule has 0 spiro atoms. The van der Waals surface area contributed by atoms with Crippen molar-refractivity contribution in [1.29, 1.82) is 0 Å². The highest BCUT2D eigenvalue weighted by Crippen LogP contribution is 2.50. The minimum absolute atomic E-state index is 0.0436. The number of amides is 1. The lowest BCUT2D eigenvalue weighted by molar-refractivity contribution is -0.116. The van der Waals surface area contributed by atoms with Crippen LogP contribution in [0.1, 0.15) is 32.5 Å². The Kier molecular flexibility index (Phi) is 5.14. The van der Waals surface area contributed by atoms with E-state index < -0.39 is 17.7 Å². The summed E-state index contributed by atoms with van der Waals surface area (Å²) in [5.74, 6) is -1.75. The number of carbonyl (C=O) groups is 2. The minimum atomic E-state index is -1.10. The number of benzene rings is 2. The second-order valence-corrected chi connectivity index (χ2v) is 8.52. The molecule has 0 saturated heterocycles. The van der Waals surface area contributed by atoms with Crippen molar-refractivity contribution in [2.24, 2.45) is 0 Å². The van der Waals surface area contributed by atoms with Crippen molar-refractivity contribution in [1.82, 2.24) is 0 Å². The Morgan fingerprint density at radius 3 is 2.66 bits per heavy atom. The molecule has 1 aliphatic rings. The third-order valence-corrected chi connectivity index (χ3v) is 6.60. The van der Waals surface area contributed by atoms with Gasteiger partial charge in [0, 0.05) is 27.3 Å². The van der Waals surface area contributed by atoms with Gasteiger partial charge in [-0.25, -0.2) is 9.18 Å². The van der Waals surface area contributed by atoms with Crippen molar-refractivity contribution in [3.8, 4) is 16.9 Å². The molecule has 1 atom stereocenters. The average molecular weight is 476 g/mol. The molecule has 29 heavy (non-hydrogen) atoms. The van der Waals surface area contributed by atoms with Crippen LogP contribution in [0.3, 0.4) is 0 Å². The highest BCUT2D eigenvalue weighted by atomic mass is 79.9. The van der Waals surface area contributed by atoms with E-state index in [-0.39, 0.29) is 17.2 Å². The van der Waals surface area contributed by atoms with Crippen molar-refractivity contribution in [2.75, 3.05) is 12.4 Å². The predicted molar refractivity (Wildman–Crippen MR) is 112 cm³/mol. The van der Waals surface area contributed by atoms with Gasteiger partial charge in [-0.3, -0.25) is 4.79 Å². The summed E-state index contributed by atoms with van der Waals surface area (Å²) in [6, 6.07) is 11.5. The van der Waals surface area contributed by atoms with Crippen molar-refractivity contribution in [2.45, 2.75) is 12.3 Å². The van der Waals surface area contributed by atoms with Crippen LogP contribution in [-0.4, -0.2) is 24.1 Å². The fraction of sp³-hybridized carbons (Fsp3) is 0.143. The maximum absolute atomic E-state index is 14.6. The fourth-order valence-electron chi connectivity index (χ4n) is 3.50. The molecule has 1 amide bonds. The lowest BCUT2D eigenvalue weighted by atomic mass is 9.88. The molecule has 148 valence electrons. The van der Waals surface area contributed by atoms with Crippen LogP contribution < -0.4 is 10.1 Å². The predicted octanol–water partition coefficient (Wildman–Crippen LogP) is 5.50. The van der Waals surface area contributed by atoms with E-state index in [1.54, 1.807) is 43.5 Å². The average Bonchev–Trinajstić information content (AvgIpc) is 3.09. The van der Waals surface area contributed by atoms with Gasteiger partial charge in [-0.2, -0.15) is 0 Å². The number of anilines is 1. The summed E-state index contributed by atoms with van der Waals surface area (Å²) in [4.78, 5) is 25.2. The van der Waals surface area contributed by atoms with Crippen LogP contribution in [0.4, 0.5) is 10.1 Å². The van der Waals surface area contributed by atoms with Crippen LogP contribution in [0.25, 0.3) is 11.1 Å². The molecule has 0 radical (unpaired) electrons. The van der Waals surface area contributed by atoms with E-state index in [2.05, 4.69) is 21.2 Å². The number of hydrogen-bond acceptors (Lipinski definition) is 4. The first-order valence-corrected chi connectivity index (χ1v) is 10.3. The topological polar surface area (TPSA) is 75.6 Å². The molecule has 4 rings (SSSR count). The summed E-state index contributed by atoms with van der Waals surface area (Å²) in [5, 5.41) is 12.6. The van der Waals surface area contributed by atoms with Crippen LogP contribution in [0.2, 0.25) is 0 Å². The first-order chi connectivity index (χ1) is 13.9. The molecular formula is C21H15BrFNO4S. The van der Waals surface area contributed by atoms with Crippen molar-refractivity contribution >= 4 is 44.8 Å². The largest absolute Gasteiger partial charge is 0.497 e. The molecule has 5 nitrogen and oxygen atoms in total. The van der Waals surface area contributed by atoms with Gasteiger partial charge < -0.3 is 15.2 Å². The number of ether oxygens (including phenoxy) is 1. The van der Waals surface area contributed by atoms with Gasteiger partial charge in [0.25, 0.3) is 0 Å². The zero-order chi connectivity index (χ0) is 20.7. The molecule has 0 saturated carbocycles. The molecule has 0 unspecified atom stereocenters. The third-order valence-electron chi connectivity index (χ3n) is 4.81. The lowest BCUT2D eigenvalue weighted by Crippen LogP contribution is -2.23. The van der Waals surface area contributed by atoms with Crippen LogP contribution >= 0.6 is 27.3 Å². The van der Waals surface area contributed by atoms with Crippen LogP contribution in [0, 0.1) is 5.82 Å². The number of aromatic carboxylic acids is 1. The molecule has 0 bridgehead atoms. The number of fused-ring (bicyclic) bond motifs is 1. The van der Waals surface area contributed by atoms with Crippen molar-refractivity contribution in [3.05, 3.63) is 68.1 Å². The number of halogens is 2. The fourth-order valence-corrected chi connectivity index (χ4v) is 5.12. The Balaban J connectivity index is 1.93. The number of carbonyl (C=O) groups excluding carboxylic acids is 1. The second-order valence-electron chi connectivity index (χ2n) is 6.55. The Labute approximate surface area is 178 Å². The van der Waals surface area contributed by atoms with Gasteiger partial charge in [0.15, 0.2) is 0 Å². The summed E-state index contributed by atoms with van der Waals surface area (Å²) in [6.45, 7) is 0. The SMILES string of the molecule is COc1ccc(-c2c(C(=O)O)sc3c2NC(=O)C[C@@H]3c2cc(Br)ccc2F)cc1. The van der Waals surface area contributed by atoms with E-state index in [0.717, 1.165) is 11.3 Å². The second kappa shape index (κ2) is 7.61. The molecule has 2 heterocycles. The molecule has 3 aromatic rings. The van der Waals surface area contributed by atoms with Gasteiger partial charge in [0.1, 0.15) is 16.4 Å². The number of nitrogens with one attached hydrogen (secondary N) is 1. The highest BCUT2D eigenvalue weighted by Gasteiger charge is 2.35. The third kappa shape index (κ3) is 3.54. The Morgan fingerprint density at radius 2 is 2.00 bits per heavy atom. The Hall–Kier alpha value is -2.71. The van der Waals surface area contributed by atoms with E-state index in [4.69, 9.17) is 4.74 Å². The molecular weight excluding hydrogens is 461 g/mol. The van der Waals surface area contributed by atoms with E-state index in [9.17, 15) is 19.1 Å². The van der Waals surface area contributed by atoms with Gasteiger partial charge in [-0.05, 0) is 41.5 Å². The Bertz CT molecular complexity index is 1130. The maximum Gasteiger partial charge on any atom is 0.346 e. The molecule has 1 aliphatic heterocycles. The lowest BCUT2D eigenvalue weighted by Gasteiger charge is -2.24. The smallest absolute Gasteiger partial charge is 0.346 e. The first kappa shape index (κ1) is 19.6. The standard InChI is InChI=1S/C21H15BrFNO4S/c1-28-12-5-2-10(3-6-12)17-18-19(29-20(17)21(26)27)14(9-16(25)24-18)13-8-11(22)4-7-15(13)23/h2-8,14H,9H2,1H3,(H,24,25)(H,26,27)/t14-/m1/s1. The van der Waals surface area contributed by atoms with Gasteiger partial charge in [-0.1, -0.05) is 28.1 Å². The summed E-state index contributed by atoms with van der Waals surface area (Å²) < 4.78 is 20.4. The van der Waals surface area contributed by atoms with Crippen LogP contribution in [0.15, 0.2) is 46.9 Å². The van der Waals surface area contributed by atoms with Crippen molar-refractivity contribution < 1.29 is 23.8 Å². The first-order valence-electron chi connectivity index (χ1n) is 8.68. The van der Waals surface area contributed by atoms with Gasteiger partial charge in [0.2, 0.25) is 5.91 Å². The van der Waals surface area contributed by atoms with E-state index in [1.807, 2.05) is 0 Å². The number of carboxylic acid groups (broad SMARTS) is 1. The summed E-state index contributed by atoms with van der Waals surface area (Å²) in [5.41, 5.74) is 1.85. The Morgan fingerprint density at radius 1 is 1.28 bits per heavy atom. The van der Waals surface area contributed by atoms with Crippen LogP contribution in [0.5, 0.6) is 5.75 Å². The number of thiophene rings is 1. The van der Waals surface area contributed by atoms with E-state index in [1.165, 1.54) is 6.07 Å². The van der Waals surface area contributed by atoms with Gasteiger partial charge in [0.05, 0.1) is 12.8 Å². The molecule has 2 aromatic carbocycles. The van der Waals surface area contributed by atoms with Crippen LogP contribution in [-0.2, 0) is 4.79 Å². The molecule has 2 N–H and O–H groups in total. The van der Waals surface area contributed by atoms with Gasteiger partial charge in [-0.15, -0.1) is 11.3 Å². The summed E-state index contributed by atoms with van der Waals surface area (Å²) in [7, 11) is 1.54.